The molecule has 136 valence electrons. The van der Waals surface area contributed by atoms with E-state index in [0.29, 0.717) is 11.6 Å². The molecular weight excluding hydrogens is 345 g/mol. The van der Waals surface area contributed by atoms with Crippen molar-refractivity contribution in [1.29, 1.82) is 0 Å². The summed E-state index contributed by atoms with van der Waals surface area (Å²) in [6, 6.07) is 9.06. The van der Waals surface area contributed by atoms with Crippen LogP contribution in [0.2, 0.25) is 0 Å². The molecule has 2 heterocycles. The molecule has 3 rings (SSSR count). The molecule has 0 radical (unpaired) electrons. The van der Waals surface area contributed by atoms with Gasteiger partial charge >= 0.3 is 6.18 Å². The lowest BCUT2D eigenvalue weighted by Crippen LogP contribution is -2.12. The molecule has 6 nitrogen and oxygen atoms in total. The predicted octanol–water partition coefficient (Wildman–Crippen LogP) is 3.73. The van der Waals surface area contributed by atoms with Crippen LogP contribution < -0.4 is 5.32 Å². The number of nitrogens with zero attached hydrogens (tertiary/aromatic N) is 5. The Kier molecular flexibility index (Phi) is 5.15. The Morgan fingerprint density at radius 3 is 2.58 bits per heavy atom. The van der Waals surface area contributed by atoms with Crippen LogP contribution >= 0.6 is 0 Å². The summed E-state index contributed by atoms with van der Waals surface area (Å²) in [5, 5.41) is 7.17. The quantitative estimate of drug-likeness (QED) is 0.724. The zero-order valence-electron chi connectivity index (χ0n) is 14.0. The highest BCUT2D eigenvalue weighted by molar-refractivity contribution is 5.37. The van der Waals surface area contributed by atoms with Crippen molar-refractivity contribution in [3.8, 4) is 5.69 Å². The van der Waals surface area contributed by atoms with Gasteiger partial charge in [-0.1, -0.05) is 12.1 Å². The molecule has 26 heavy (non-hydrogen) atoms. The van der Waals surface area contributed by atoms with Crippen LogP contribution in [0, 0.1) is 0 Å². The van der Waals surface area contributed by atoms with Crippen molar-refractivity contribution in [3.63, 3.8) is 0 Å². The zero-order chi connectivity index (χ0) is 18.6. The third kappa shape index (κ3) is 4.78. The summed E-state index contributed by atoms with van der Waals surface area (Å²) in [6.07, 6.45) is -0.734. The van der Waals surface area contributed by atoms with Crippen molar-refractivity contribution in [3.05, 3.63) is 60.4 Å². The van der Waals surface area contributed by atoms with E-state index in [1.54, 1.807) is 11.0 Å². The topological polar surface area (TPSA) is 68.5 Å². The highest BCUT2D eigenvalue weighted by atomic mass is 19.4. The van der Waals surface area contributed by atoms with E-state index in [1.807, 2.05) is 31.2 Å². The van der Waals surface area contributed by atoms with Crippen molar-refractivity contribution < 1.29 is 13.2 Å². The lowest BCUT2D eigenvalue weighted by molar-refractivity contribution is -0.134. The van der Waals surface area contributed by atoms with Crippen LogP contribution in [0.4, 0.5) is 19.1 Å². The number of rotatable bonds is 6. The van der Waals surface area contributed by atoms with Gasteiger partial charge in [-0.05, 0) is 37.1 Å². The number of aromatic nitrogens is 5. The van der Waals surface area contributed by atoms with Crippen molar-refractivity contribution >= 4 is 5.95 Å². The summed E-state index contributed by atoms with van der Waals surface area (Å²) in [6.45, 7) is 1.93. The maximum atomic E-state index is 12.3. The van der Waals surface area contributed by atoms with E-state index in [4.69, 9.17) is 0 Å². The molecule has 0 spiro atoms. The summed E-state index contributed by atoms with van der Waals surface area (Å²) in [5.74, 6) is 0.303. The van der Waals surface area contributed by atoms with Gasteiger partial charge in [0.1, 0.15) is 12.7 Å². The molecule has 1 aromatic carbocycles. The first-order valence-corrected chi connectivity index (χ1v) is 8.01. The first-order chi connectivity index (χ1) is 12.4. The molecule has 3 aromatic rings. The van der Waals surface area contributed by atoms with Gasteiger partial charge in [-0.15, -0.1) is 0 Å². The third-order valence-electron chi connectivity index (χ3n) is 3.80. The average molecular weight is 362 g/mol. The first-order valence-electron chi connectivity index (χ1n) is 8.01. The van der Waals surface area contributed by atoms with Gasteiger partial charge in [0, 0.05) is 18.3 Å². The Morgan fingerprint density at radius 2 is 1.92 bits per heavy atom. The van der Waals surface area contributed by atoms with Crippen LogP contribution in [-0.4, -0.2) is 30.9 Å². The summed E-state index contributed by atoms with van der Waals surface area (Å²) in [7, 11) is 0. The van der Waals surface area contributed by atoms with Crippen molar-refractivity contribution in [2.45, 2.75) is 32.0 Å². The highest BCUT2D eigenvalue weighted by Crippen LogP contribution is 2.22. The average Bonchev–Trinajstić information content (AvgIpc) is 3.14. The number of nitrogens with one attached hydrogen (secondary N) is 1. The summed E-state index contributed by atoms with van der Waals surface area (Å²) >= 11 is 0. The minimum atomic E-state index is -4.20. The van der Waals surface area contributed by atoms with E-state index in [1.165, 1.54) is 18.6 Å². The minimum Gasteiger partial charge on any atom is -0.348 e. The van der Waals surface area contributed by atoms with Crippen LogP contribution in [0.5, 0.6) is 0 Å². The number of benzene rings is 1. The second-order valence-corrected chi connectivity index (χ2v) is 5.78. The molecule has 0 saturated heterocycles. The third-order valence-corrected chi connectivity index (χ3v) is 3.80. The highest BCUT2D eigenvalue weighted by Gasteiger charge is 2.26. The van der Waals surface area contributed by atoms with Crippen LogP contribution in [-0.2, 0) is 6.42 Å². The van der Waals surface area contributed by atoms with Gasteiger partial charge < -0.3 is 5.32 Å². The molecule has 0 aliphatic heterocycles. The fourth-order valence-corrected chi connectivity index (χ4v) is 2.41. The zero-order valence-corrected chi connectivity index (χ0v) is 14.0. The van der Waals surface area contributed by atoms with E-state index in [2.05, 4.69) is 25.4 Å². The lowest BCUT2D eigenvalue weighted by Gasteiger charge is -2.15. The van der Waals surface area contributed by atoms with Crippen molar-refractivity contribution in [2.75, 3.05) is 5.32 Å². The number of alkyl halides is 3. The molecular formula is C17H17F3N6. The van der Waals surface area contributed by atoms with Gasteiger partial charge in [0.15, 0.2) is 0 Å². The number of hydrogen-bond donors (Lipinski definition) is 1. The Balaban J connectivity index is 1.65. The van der Waals surface area contributed by atoms with E-state index in [0.717, 1.165) is 11.3 Å². The Hall–Kier alpha value is -2.97. The molecule has 0 saturated carbocycles. The molecule has 0 bridgehead atoms. The number of hydrogen-bond acceptors (Lipinski definition) is 5. The first kappa shape index (κ1) is 17.8. The largest absolute Gasteiger partial charge is 0.389 e. The molecule has 1 atom stereocenters. The molecule has 1 N–H and O–H groups in total. The van der Waals surface area contributed by atoms with Gasteiger partial charge in [-0.25, -0.2) is 19.6 Å². The molecule has 1 unspecified atom stereocenters. The SMILES string of the molecule is CC(Nc1nccc(CCC(F)(F)F)n1)c1ccc(-n2cncn2)cc1. The standard InChI is InChI=1S/C17H17F3N6/c1-12(13-2-4-15(5-3-13)26-11-21-10-23-26)24-16-22-9-7-14(25-16)6-8-17(18,19)20/h2-5,7,9-12H,6,8H2,1H3,(H,22,24,25). The molecule has 0 aliphatic carbocycles. The number of anilines is 1. The van der Waals surface area contributed by atoms with Gasteiger partial charge in [0.05, 0.1) is 11.7 Å². The van der Waals surface area contributed by atoms with Crippen LogP contribution in [0.3, 0.4) is 0 Å². The Bertz CT molecular complexity index is 830. The van der Waals surface area contributed by atoms with E-state index in [-0.39, 0.29) is 12.5 Å². The fourth-order valence-electron chi connectivity index (χ4n) is 2.41. The molecule has 9 heteroatoms. The van der Waals surface area contributed by atoms with E-state index in [9.17, 15) is 13.2 Å². The Morgan fingerprint density at radius 1 is 1.15 bits per heavy atom. The van der Waals surface area contributed by atoms with E-state index < -0.39 is 12.6 Å². The minimum absolute atomic E-state index is 0.113. The van der Waals surface area contributed by atoms with Gasteiger partial charge in [0.2, 0.25) is 5.95 Å². The lowest BCUT2D eigenvalue weighted by atomic mass is 10.1. The molecule has 0 amide bonds. The van der Waals surface area contributed by atoms with Crippen LogP contribution in [0.25, 0.3) is 5.69 Å². The van der Waals surface area contributed by atoms with Crippen LogP contribution in [0.1, 0.15) is 30.6 Å². The summed E-state index contributed by atoms with van der Waals surface area (Å²) in [5.41, 5.74) is 2.22. The second-order valence-electron chi connectivity index (χ2n) is 5.78. The molecule has 0 fully saturated rings. The molecule has 2 aromatic heterocycles. The predicted molar refractivity (Wildman–Crippen MR) is 89.8 cm³/mol. The van der Waals surface area contributed by atoms with Crippen LogP contribution in [0.15, 0.2) is 49.2 Å². The normalized spacial score (nSPS) is 12.8. The summed E-state index contributed by atoms with van der Waals surface area (Å²) in [4.78, 5) is 12.1. The maximum absolute atomic E-state index is 12.3. The van der Waals surface area contributed by atoms with Crippen molar-refractivity contribution in [2.24, 2.45) is 0 Å². The van der Waals surface area contributed by atoms with Gasteiger partial charge in [0.25, 0.3) is 0 Å². The van der Waals surface area contributed by atoms with E-state index >= 15 is 0 Å². The summed E-state index contributed by atoms with van der Waals surface area (Å²) < 4.78 is 38.7. The van der Waals surface area contributed by atoms with Gasteiger partial charge in [-0.2, -0.15) is 18.3 Å². The smallest absolute Gasteiger partial charge is 0.348 e. The monoisotopic (exact) mass is 362 g/mol. The fraction of sp³-hybridized carbons (Fsp3) is 0.294. The maximum Gasteiger partial charge on any atom is 0.389 e. The number of aryl methyl sites for hydroxylation is 1. The molecule has 0 aliphatic rings. The van der Waals surface area contributed by atoms with Gasteiger partial charge in [-0.3, -0.25) is 0 Å². The second kappa shape index (κ2) is 7.51. The number of halogens is 3. The Labute approximate surface area is 148 Å². The van der Waals surface area contributed by atoms with Crippen molar-refractivity contribution in [1.82, 2.24) is 24.7 Å².